The normalized spacial score (nSPS) is 13.8. The SMILES string of the molecule is Cc1cc(OCCC(=O)N2CCN(C(=O)CCCC(=O)O)CC2)ccc1[N+](=O)[O-]. The largest absolute Gasteiger partial charge is 0.493 e. The van der Waals surface area contributed by atoms with Gasteiger partial charge in [-0.05, 0) is 25.5 Å². The Kier molecular flexibility index (Phi) is 7.93. The molecule has 10 heteroatoms. The highest BCUT2D eigenvalue weighted by atomic mass is 16.6. The quantitative estimate of drug-likeness (QED) is 0.486. The van der Waals surface area contributed by atoms with Gasteiger partial charge in [0.2, 0.25) is 11.8 Å². The number of aryl methyl sites for hydroxylation is 1. The summed E-state index contributed by atoms with van der Waals surface area (Å²) in [5.41, 5.74) is 0.506. The van der Waals surface area contributed by atoms with Gasteiger partial charge in [-0.1, -0.05) is 0 Å². The molecule has 0 radical (unpaired) electrons. The van der Waals surface area contributed by atoms with E-state index >= 15 is 0 Å². The second kappa shape index (κ2) is 10.4. The summed E-state index contributed by atoms with van der Waals surface area (Å²) in [4.78, 5) is 48.5. The molecule has 1 aromatic carbocycles. The van der Waals surface area contributed by atoms with Crippen LogP contribution in [0.15, 0.2) is 18.2 Å². The van der Waals surface area contributed by atoms with E-state index in [1.54, 1.807) is 22.8 Å². The number of nitro benzene ring substituents is 1. The van der Waals surface area contributed by atoms with Gasteiger partial charge in [-0.2, -0.15) is 0 Å². The molecule has 0 aromatic heterocycles. The minimum Gasteiger partial charge on any atom is -0.493 e. The lowest BCUT2D eigenvalue weighted by atomic mass is 10.2. The summed E-state index contributed by atoms with van der Waals surface area (Å²) in [5, 5.41) is 19.4. The van der Waals surface area contributed by atoms with E-state index in [1.807, 2.05) is 0 Å². The highest BCUT2D eigenvalue weighted by Crippen LogP contribution is 2.23. The fourth-order valence-electron chi connectivity index (χ4n) is 3.09. The fraction of sp³-hybridized carbons (Fsp3) is 0.526. The van der Waals surface area contributed by atoms with Gasteiger partial charge in [0.1, 0.15) is 5.75 Å². The molecule has 0 aliphatic carbocycles. The Morgan fingerprint density at radius 1 is 1.07 bits per heavy atom. The number of hydrogen-bond donors (Lipinski definition) is 1. The van der Waals surface area contributed by atoms with E-state index < -0.39 is 10.9 Å². The summed E-state index contributed by atoms with van der Waals surface area (Å²) in [5.74, 6) is -0.617. The zero-order valence-corrected chi connectivity index (χ0v) is 16.3. The van der Waals surface area contributed by atoms with Crippen molar-refractivity contribution < 1.29 is 29.2 Å². The van der Waals surface area contributed by atoms with Gasteiger partial charge < -0.3 is 19.6 Å². The van der Waals surface area contributed by atoms with Gasteiger partial charge in [0, 0.05) is 50.7 Å². The topological polar surface area (TPSA) is 130 Å². The Balaban J connectivity index is 1.70. The highest BCUT2D eigenvalue weighted by Gasteiger charge is 2.23. The van der Waals surface area contributed by atoms with Crippen molar-refractivity contribution in [3.8, 4) is 5.75 Å². The van der Waals surface area contributed by atoms with Crippen molar-refractivity contribution in [1.29, 1.82) is 0 Å². The van der Waals surface area contributed by atoms with Crippen LogP contribution in [0.25, 0.3) is 0 Å². The van der Waals surface area contributed by atoms with E-state index in [0.717, 1.165) is 0 Å². The molecule has 0 atom stereocenters. The molecule has 1 aliphatic heterocycles. The summed E-state index contributed by atoms with van der Waals surface area (Å²) in [6.45, 7) is 3.50. The molecule has 1 aromatic rings. The lowest BCUT2D eigenvalue weighted by molar-refractivity contribution is -0.385. The lowest BCUT2D eigenvalue weighted by Crippen LogP contribution is -2.50. The molecule has 29 heavy (non-hydrogen) atoms. The van der Waals surface area contributed by atoms with Crippen LogP contribution < -0.4 is 4.74 Å². The number of nitrogens with zero attached hydrogens (tertiary/aromatic N) is 3. The molecule has 1 aliphatic rings. The maximum Gasteiger partial charge on any atom is 0.303 e. The molecule has 1 heterocycles. The first-order valence-corrected chi connectivity index (χ1v) is 9.43. The Hall–Kier alpha value is -3.17. The van der Waals surface area contributed by atoms with E-state index in [1.165, 1.54) is 12.1 Å². The van der Waals surface area contributed by atoms with E-state index in [0.29, 0.717) is 43.9 Å². The van der Waals surface area contributed by atoms with Crippen LogP contribution >= 0.6 is 0 Å². The number of amides is 2. The minimum absolute atomic E-state index is 0.0174. The number of hydrogen-bond acceptors (Lipinski definition) is 6. The van der Waals surface area contributed by atoms with Crippen LogP contribution in [0.2, 0.25) is 0 Å². The van der Waals surface area contributed by atoms with Crippen LogP contribution in [0.4, 0.5) is 5.69 Å². The van der Waals surface area contributed by atoms with Crippen molar-refractivity contribution in [2.24, 2.45) is 0 Å². The molecule has 0 saturated carbocycles. The molecule has 0 bridgehead atoms. The highest BCUT2D eigenvalue weighted by molar-refractivity contribution is 5.79. The zero-order chi connectivity index (χ0) is 21.4. The number of piperazine rings is 1. The number of ether oxygens (including phenoxy) is 1. The van der Waals surface area contributed by atoms with E-state index in [2.05, 4.69) is 0 Å². The predicted molar refractivity (Wildman–Crippen MR) is 103 cm³/mol. The first-order chi connectivity index (χ1) is 13.8. The summed E-state index contributed by atoms with van der Waals surface area (Å²) in [6.07, 6.45) is 0.649. The number of carbonyl (C=O) groups excluding carboxylic acids is 2. The molecule has 1 N–H and O–H groups in total. The number of aliphatic carboxylic acids is 1. The standard InChI is InChI=1S/C19H25N3O7/c1-14-13-15(5-6-16(14)22(27)28)29-12-7-18(24)21-10-8-20(9-11-21)17(23)3-2-4-19(25)26/h5-6,13H,2-4,7-12H2,1H3,(H,25,26). The summed E-state index contributed by atoms with van der Waals surface area (Å²) < 4.78 is 5.52. The number of carboxylic acid groups (broad SMARTS) is 1. The smallest absolute Gasteiger partial charge is 0.303 e. The number of rotatable bonds is 9. The average Bonchev–Trinajstić information content (AvgIpc) is 2.67. The Morgan fingerprint density at radius 3 is 2.17 bits per heavy atom. The van der Waals surface area contributed by atoms with Crippen molar-refractivity contribution in [3.63, 3.8) is 0 Å². The Labute approximate surface area is 168 Å². The van der Waals surface area contributed by atoms with Crippen LogP contribution in [-0.4, -0.2) is 70.4 Å². The molecule has 2 amide bonds. The molecule has 0 spiro atoms. The Morgan fingerprint density at radius 2 is 1.66 bits per heavy atom. The first kappa shape index (κ1) is 22.1. The Bertz CT molecular complexity index is 773. The molecule has 158 valence electrons. The van der Waals surface area contributed by atoms with Gasteiger partial charge in [-0.25, -0.2) is 0 Å². The van der Waals surface area contributed by atoms with Gasteiger partial charge in [-0.3, -0.25) is 24.5 Å². The maximum absolute atomic E-state index is 12.3. The van der Waals surface area contributed by atoms with Crippen molar-refractivity contribution >= 4 is 23.5 Å². The van der Waals surface area contributed by atoms with Crippen molar-refractivity contribution in [2.75, 3.05) is 32.8 Å². The first-order valence-electron chi connectivity index (χ1n) is 9.43. The van der Waals surface area contributed by atoms with Crippen molar-refractivity contribution in [2.45, 2.75) is 32.6 Å². The van der Waals surface area contributed by atoms with Gasteiger partial charge >= 0.3 is 5.97 Å². The third-order valence-corrected chi connectivity index (χ3v) is 4.72. The van der Waals surface area contributed by atoms with Crippen molar-refractivity contribution in [3.05, 3.63) is 33.9 Å². The molecule has 1 saturated heterocycles. The van der Waals surface area contributed by atoms with E-state index in [-0.39, 0.29) is 43.4 Å². The second-order valence-corrected chi connectivity index (χ2v) is 6.81. The van der Waals surface area contributed by atoms with E-state index in [4.69, 9.17) is 9.84 Å². The minimum atomic E-state index is -0.917. The predicted octanol–water partition coefficient (Wildman–Crippen LogP) is 1.60. The monoisotopic (exact) mass is 407 g/mol. The third-order valence-electron chi connectivity index (χ3n) is 4.72. The van der Waals surface area contributed by atoms with Crippen LogP contribution in [0, 0.1) is 17.0 Å². The molecule has 10 nitrogen and oxygen atoms in total. The fourth-order valence-corrected chi connectivity index (χ4v) is 3.09. The molecular weight excluding hydrogens is 382 g/mol. The van der Waals surface area contributed by atoms with Crippen LogP contribution in [-0.2, 0) is 14.4 Å². The van der Waals surface area contributed by atoms with Gasteiger partial charge in [0.25, 0.3) is 5.69 Å². The van der Waals surface area contributed by atoms with E-state index in [9.17, 15) is 24.5 Å². The van der Waals surface area contributed by atoms with Crippen molar-refractivity contribution in [1.82, 2.24) is 9.80 Å². The number of nitro groups is 1. The molecule has 0 unspecified atom stereocenters. The molecular formula is C19H25N3O7. The average molecular weight is 407 g/mol. The summed E-state index contributed by atoms with van der Waals surface area (Å²) in [6, 6.07) is 4.45. The van der Waals surface area contributed by atoms with Crippen LogP contribution in [0.3, 0.4) is 0 Å². The summed E-state index contributed by atoms with van der Waals surface area (Å²) >= 11 is 0. The number of benzene rings is 1. The third kappa shape index (κ3) is 6.74. The lowest BCUT2D eigenvalue weighted by Gasteiger charge is -2.35. The van der Waals surface area contributed by atoms with Crippen LogP contribution in [0.5, 0.6) is 5.75 Å². The van der Waals surface area contributed by atoms with Gasteiger partial charge in [-0.15, -0.1) is 0 Å². The molecule has 2 rings (SSSR count). The maximum atomic E-state index is 12.3. The van der Waals surface area contributed by atoms with Gasteiger partial charge in [0.15, 0.2) is 0 Å². The molecule has 1 fully saturated rings. The van der Waals surface area contributed by atoms with Crippen LogP contribution in [0.1, 0.15) is 31.2 Å². The second-order valence-electron chi connectivity index (χ2n) is 6.81. The zero-order valence-electron chi connectivity index (χ0n) is 16.3. The number of carbonyl (C=O) groups is 3. The summed E-state index contributed by atoms with van der Waals surface area (Å²) in [7, 11) is 0. The van der Waals surface area contributed by atoms with Gasteiger partial charge in [0.05, 0.1) is 18.0 Å². The number of carboxylic acids is 1.